The molecular weight excluding hydrogens is 266 g/mol. The molecule has 3 nitrogen and oxygen atoms in total. The van der Waals surface area contributed by atoms with Crippen LogP contribution in [0.15, 0.2) is 53.6 Å². The maximum Gasteiger partial charge on any atom is 0.128 e. The van der Waals surface area contributed by atoms with E-state index in [4.69, 9.17) is 0 Å². The van der Waals surface area contributed by atoms with Crippen LogP contribution in [0.5, 0.6) is 0 Å². The topological polar surface area (TPSA) is 19.4 Å². The molecule has 1 saturated heterocycles. The van der Waals surface area contributed by atoms with E-state index >= 15 is 0 Å². The number of thioether (sulfide) groups is 1. The Morgan fingerprint density at radius 2 is 1.60 bits per heavy atom. The molecular formula is C16H19N3S. The summed E-state index contributed by atoms with van der Waals surface area (Å²) >= 11 is 1.79. The molecule has 104 valence electrons. The van der Waals surface area contributed by atoms with Gasteiger partial charge in [0.15, 0.2) is 0 Å². The first kappa shape index (κ1) is 13.3. The van der Waals surface area contributed by atoms with Crippen LogP contribution in [0.1, 0.15) is 0 Å². The average molecular weight is 285 g/mol. The molecule has 0 radical (unpaired) electrons. The number of hydrogen-bond acceptors (Lipinski definition) is 4. The lowest BCUT2D eigenvalue weighted by atomic mass is 10.2. The van der Waals surface area contributed by atoms with E-state index in [0.29, 0.717) is 0 Å². The van der Waals surface area contributed by atoms with Gasteiger partial charge in [0, 0.05) is 43.0 Å². The predicted molar refractivity (Wildman–Crippen MR) is 86.9 cm³/mol. The lowest BCUT2D eigenvalue weighted by Crippen LogP contribution is -2.46. The van der Waals surface area contributed by atoms with E-state index in [1.54, 1.807) is 11.8 Å². The smallest absolute Gasteiger partial charge is 0.128 e. The molecule has 1 aromatic heterocycles. The summed E-state index contributed by atoms with van der Waals surface area (Å²) in [6.07, 6.45) is 3.98. The minimum Gasteiger partial charge on any atom is -0.368 e. The van der Waals surface area contributed by atoms with Crippen LogP contribution in [0.4, 0.5) is 11.5 Å². The maximum atomic E-state index is 4.43. The van der Waals surface area contributed by atoms with E-state index in [9.17, 15) is 0 Å². The fraction of sp³-hybridized carbons (Fsp3) is 0.312. The largest absolute Gasteiger partial charge is 0.368 e. The van der Waals surface area contributed by atoms with Crippen LogP contribution in [-0.4, -0.2) is 37.4 Å². The van der Waals surface area contributed by atoms with Gasteiger partial charge in [-0.25, -0.2) is 4.98 Å². The van der Waals surface area contributed by atoms with E-state index in [1.807, 2.05) is 12.3 Å². The zero-order chi connectivity index (χ0) is 13.8. The summed E-state index contributed by atoms with van der Waals surface area (Å²) in [4.78, 5) is 10.5. The fourth-order valence-corrected chi connectivity index (χ4v) is 2.94. The van der Waals surface area contributed by atoms with Gasteiger partial charge in [0.25, 0.3) is 0 Å². The van der Waals surface area contributed by atoms with Gasteiger partial charge in [-0.05, 0) is 42.7 Å². The Hall–Kier alpha value is -1.68. The number of nitrogens with zero attached hydrogens (tertiary/aromatic N) is 3. The highest BCUT2D eigenvalue weighted by Gasteiger charge is 2.17. The van der Waals surface area contributed by atoms with Crippen LogP contribution in [0.3, 0.4) is 0 Å². The van der Waals surface area contributed by atoms with Gasteiger partial charge in [0.2, 0.25) is 0 Å². The average Bonchev–Trinajstić information content (AvgIpc) is 2.56. The van der Waals surface area contributed by atoms with Crippen LogP contribution < -0.4 is 9.80 Å². The van der Waals surface area contributed by atoms with Crippen LogP contribution in [0, 0.1) is 0 Å². The molecule has 0 N–H and O–H groups in total. The molecule has 1 fully saturated rings. The second-order valence-corrected chi connectivity index (χ2v) is 5.74. The second kappa shape index (κ2) is 6.18. The van der Waals surface area contributed by atoms with Gasteiger partial charge in [0.05, 0.1) is 0 Å². The molecule has 0 amide bonds. The summed E-state index contributed by atoms with van der Waals surface area (Å²) in [5.74, 6) is 1.09. The van der Waals surface area contributed by atoms with Crippen LogP contribution in [0.2, 0.25) is 0 Å². The molecule has 2 aromatic rings. The number of piperazine rings is 1. The van der Waals surface area contributed by atoms with Crippen molar-refractivity contribution in [2.45, 2.75) is 4.90 Å². The van der Waals surface area contributed by atoms with Gasteiger partial charge in [-0.1, -0.05) is 6.07 Å². The van der Waals surface area contributed by atoms with Crippen molar-refractivity contribution >= 4 is 23.3 Å². The van der Waals surface area contributed by atoms with Crippen LogP contribution in [-0.2, 0) is 0 Å². The third-order valence-electron chi connectivity index (χ3n) is 3.69. The van der Waals surface area contributed by atoms with E-state index in [-0.39, 0.29) is 0 Å². The third-order valence-corrected chi connectivity index (χ3v) is 4.43. The molecule has 0 aliphatic carbocycles. The third kappa shape index (κ3) is 2.90. The number of pyridine rings is 1. The molecule has 0 saturated carbocycles. The zero-order valence-electron chi connectivity index (χ0n) is 11.7. The normalized spacial score (nSPS) is 15.4. The SMILES string of the molecule is CSc1ccc(N2CCN(c3ccccn3)CC2)cc1. The molecule has 4 heteroatoms. The highest BCUT2D eigenvalue weighted by atomic mass is 32.2. The zero-order valence-corrected chi connectivity index (χ0v) is 12.5. The molecule has 3 rings (SSSR count). The standard InChI is InChI=1S/C16H19N3S/c1-20-15-7-5-14(6-8-15)18-10-12-19(13-11-18)16-4-2-3-9-17-16/h2-9H,10-13H2,1H3. The first-order valence-corrected chi connectivity index (χ1v) is 8.14. The summed E-state index contributed by atoms with van der Waals surface area (Å²) in [6.45, 7) is 4.16. The molecule has 0 atom stereocenters. The van der Waals surface area contributed by atoms with Crippen molar-refractivity contribution in [3.63, 3.8) is 0 Å². The molecule has 1 aromatic carbocycles. The Balaban J connectivity index is 1.63. The minimum absolute atomic E-state index is 1.03. The van der Waals surface area contributed by atoms with Gasteiger partial charge in [-0.3, -0.25) is 0 Å². The Morgan fingerprint density at radius 3 is 2.20 bits per heavy atom. The molecule has 1 aliphatic rings. The van der Waals surface area contributed by atoms with Crippen LogP contribution in [0.25, 0.3) is 0 Å². The molecule has 0 spiro atoms. The van der Waals surface area contributed by atoms with Gasteiger partial charge >= 0.3 is 0 Å². The Morgan fingerprint density at radius 1 is 0.900 bits per heavy atom. The summed E-state index contributed by atoms with van der Waals surface area (Å²) in [5, 5.41) is 0. The number of anilines is 2. The molecule has 20 heavy (non-hydrogen) atoms. The molecule has 0 bridgehead atoms. The van der Waals surface area contributed by atoms with E-state index in [2.05, 4.69) is 57.4 Å². The van der Waals surface area contributed by atoms with E-state index < -0.39 is 0 Å². The molecule has 2 heterocycles. The number of aromatic nitrogens is 1. The molecule has 0 unspecified atom stereocenters. The van der Waals surface area contributed by atoms with Crippen molar-refractivity contribution in [2.24, 2.45) is 0 Å². The maximum absolute atomic E-state index is 4.43. The van der Waals surface area contributed by atoms with E-state index in [1.165, 1.54) is 10.6 Å². The lowest BCUT2D eigenvalue weighted by Gasteiger charge is -2.36. The summed E-state index contributed by atoms with van der Waals surface area (Å²) in [7, 11) is 0. The van der Waals surface area contributed by atoms with Crippen molar-refractivity contribution in [2.75, 3.05) is 42.2 Å². The van der Waals surface area contributed by atoms with E-state index in [0.717, 1.165) is 32.0 Å². The summed E-state index contributed by atoms with van der Waals surface area (Å²) < 4.78 is 0. The number of hydrogen-bond donors (Lipinski definition) is 0. The lowest BCUT2D eigenvalue weighted by molar-refractivity contribution is 0.647. The van der Waals surface area contributed by atoms with Crippen LogP contribution >= 0.6 is 11.8 Å². The first-order valence-electron chi connectivity index (χ1n) is 6.92. The van der Waals surface area contributed by atoms with Crippen molar-refractivity contribution in [1.82, 2.24) is 4.98 Å². The first-order chi connectivity index (χ1) is 9.86. The van der Waals surface area contributed by atoms with Gasteiger partial charge in [-0.2, -0.15) is 0 Å². The van der Waals surface area contributed by atoms with Gasteiger partial charge < -0.3 is 9.80 Å². The monoisotopic (exact) mass is 285 g/mol. The van der Waals surface area contributed by atoms with Crippen molar-refractivity contribution in [1.29, 1.82) is 0 Å². The molecule has 1 aliphatic heterocycles. The Kier molecular flexibility index (Phi) is 4.11. The fourth-order valence-electron chi connectivity index (χ4n) is 2.53. The summed E-state index contributed by atoms with van der Waals surface area (Å²) in [5.41, 5.74) is 1.32. The van der Waals surface area contributed by atoms with Crippen molar-refractivity contribution in [3.8, 4) is 0 Å². The highest BCUT2D eigenvalue weighted by Crippen LogP contribution is 2.22. The summed E-state index contributed by atoms with van der Waals surface area (Å²) in [6, 6.07) is 15.0. The van der Waals surface area contributed by atoms with Gasteiger partial charge in [0.1, 0.15) is 5.82 Å². The second-order valence-electron chi connectivity index (χ2n) is 4.86. The minimum atomic E-state index is 1.03. The Labute approximate surface area is 124 Å². The Bertz CT molecular complexity index is 533. The van der Waals surface area contributed by atoms with Crippen molar-refractivity contribution in [3.05, 3.63) is 48.7 Å². The van der Waals surface area contributed by atoms with Gasteiger partial charge in [-0.15, -0.1) is 11.8 Å². The number of benzene rings is 1. The van der Waals surface area contributed by atoms with Crippen molar-refractivity contribution < 1.29 is 0 Å². The number of rotatable bonds is 3. The highest BCUT2D eigenvalue weighted by molar-refractivity contribution is 7.98. The predicted octanol–water partition coefficient (Wildman–Crippen LogP) is 3.13. The quantitative estimate of drug-likeness (QED) is 0.807.